The Labute approximate surface area is 152 Å². The number of hydrogen-bond acceptors (Lipinski definition) is 4. The molecule has 1 aromatic carbocycles. The molecule has 2 heterocycles. The number of piperazine rings is 1. The first-order valence-electron chi connectivity index (χ1n) is 8.89. The normalized spacial score (nSPS) is 20.5. The number of benzene rings is 1. The number of anilines is 1. The molecule has 1 atom stereocenters. The largest absolute Gasteiger partial charge is 0.368 e. The van der Waals surface area contributed by atoms with Crippen molar-refractivity contribution in [3.8, 4) is 0 Å². The molecule has 0 bridgehead atoms. The van der Waals surface area contributed by atoms with Gasteiger partial charge in [-0.05, 0) is 37.0 Å². The summed E-state index contributed by atoms with van der Waals surface area (Å²) in [5.74, 6) is 1.49. The second-order valence-electron chi connectivity index (χ2n) is 7.04. The van der Waals surface area contributed by atoms with E-state index >= 15 is 0 Å². The fraction of sp³-hybridized carbons (Fsp3) is 0.474. The average Bonchev–Trinajstić information content (AvgIpc) is 3.04. The van der Waals surface area contributed by atoms with Crippen LogP contribution in [0.1, 0.15) is 35.2 Å². The maximum Gasteiger partial charge on any atom is 0.276 e. The molecule has 0 spiro atoms. The van der Waals surface area contributed by atoms with Crippen molar-refractivity contribution in [3.63, 3.8) is 0 Å². The summed E-state index contributed by atoms with van der Waals surface area (Å²) < 4.78 is 5.43. The van der Waals surface area contributed by atoms with Gasteiger partial charge in [0.15, 0.2) is 5.69 Å². The Kier molecular flexibility index (Phi) is 4.42. The number of carbonyl (C=O) groups excluding carboxylic acids is 1. The molecule has 1 aliphatic heterocycles. The van der Waals surface area contributed by atoms with Crippen molar-refractivity contribution in [2.75, 3.05) is 31.1 Å². The molecule has 132 valence electrons. The standard InChI is InChI=1S/C19H22ClN3O2/c1-13-5-6-17-16(11-13)18(21-25-17)19(24)23-9-7-22(8-10-23)15-4-2-3-14(20)12-15/h2-4,12-13H,5-11H2,1H3. The SMILES string of the molecule is CC1CCc2onc(C(=O)N3CCN(c4cccc(Cl)c4)CC3)c2C1. The van der Waals surface area contributed by atoms with Gasteiger partial charge in [0, 0.05) is 48.9 Å². The average molecular weight is 360 g/mol. The van der Waals surface area contributed by atoms with Gasteiger partial charge in [-0.1, -0.05) is 29.7 Å². The maximum absolute atomic E-state index is 12.9. The first-order valence-corrected chi connectivity index (χ1v) is 9.27. The number of fused-ring (bicyclic) bond motifs is 1. The zero-order valence-corrected chi connectivity index (χ0v) is 15.1. The molecule has 6 heteroatoms. The fourth-order valence-electron chi connectivity index (χ4n) is 3.74. The summed E-state index contributed by atoms with van der Waals surface area (Å²) in [5.41, 5.74) is 2.66. The molecule has 1 saturated heterocycles. The second kappa shape index (κ2) is 6.71. The van der Waals surface area contributed by atoms with E-state index < -0.39 is 0 Å². The van der Waals surface area contributed by atoms with Gasteiger partial charge in [0.05, 0.1) is 0 Å². The summed E-state index contributed by atoms with van der Waals surface area (Å²) in [6, 6.07) is 7.85. The van der Waals surface area contributed by atoms with Crippen molar-refractivity contribution in [1.82, 2.24) is 10.1 Å². The minimum atomic E-state index is 0.00449. The highest BCUT2D eigenvalue weighted by Crippen LogP contribution is 2.29. The van der Waals surface area contributed by atoms with Gasteiger partial charge in [0.1, 0.15) is 5.76 Å². The molecule has 1 fully saturated rings. The van der Waals surface area contributed by atoms with Gasteiger partial charge in [0.2, 0.25) is 0 Å². The van der Waals surface area contributed by atoms with Crippen LogP contribution in [0.5, 0.6) is 0 Å². The summed E-state index contributed by atoms with van der Waals surface area (Å²) in [6.07, 6.45) is 2.88. The molecule has 25 heavy (non-hydrogen) atoms. The van der Waals surface area contributed by atoms with Crippen LogP contribution in [-0.2, 0) is 12.8 Å². The molecule has 2 aromatic rings. The second-order valence-corrected chi connectivity index (χ2v) is 7.48. The van der Waals surface area contributed by atoms with Crippen molar-refractivity contribution >= 4 is 23.2 Å². The van der Waals surface area contributed by atoms with Crippen LogP contribution in [0, 0.1) is 5.92 Å². The molecular weight excluding hydrogens is 338 g/mol. The zero-order valence-electron chi connectivity index (χ0n) is 14.4. The van der Waals surface area contributed by atoms with Crippen LogP contribution in [-0.4, -0.2) is 42.1 Å². The zero-order chi connectivity index (χ0) is 17.4. The van der Waals surface area contributed by atoms with E-state index in [2.05, 4.69) is 23.0 Å². The summed E-state index contributed by atoms with van der Waals surface area (Å²) in [7, 11) is 0. The van der Waals surface area contributed by atoms with Gasteiger partial charge in [-0.25, -0.2) is 0 Å². The lowest BCUT2D eigenvalue weighted by Gasteiger charge is -2.36. The summed E-state index contributed by atoms with van der Waals surface area (Å²) in [4.78, 5) is 17.0. The highest BCUT2D eigenvalue weighted by molar-refractivity contribution is 6.30. The van der Waals surface area contributed by atoms with Crippen LogP contribution in [0.15, 0.2) is 28.8 Å². The van der Waals surface area contributed by atoms with Crippen LogP contribution < -0.4 is 4.90 Å². The maximum atomic E-state index is 12.9. The van der Waals surface area contributed by atoms with E-state index in [-0.39, 0.29) is 5.91 Å². The summed E-state index contributed by atoms with van der Waals surface area (Å²) in [5, 5.41) is 4.83. The number of amides is 1. The van der Waals surface area contributed by atoms with Crippen LogP contribution in [0.4, 0.5) is 5.69 Å². The van der Waals surface area contributed by atoms with E-state index in [1.165, 1.54) is 0 Å². The van der Waals surface area contributed by atoms with Crippen LogP contribution in [0.3, 0.4) is 0 Å². The van der Waals surface area contributed by atoms with Crippen molar-refractivity contribution in [3.05, 3.63) is 46.3 Å². The Morgan fingerprint density at radius 1 is 1.28 bits per heavy atom. The van der Waals surface area contributed by atoms with Gasteiger partial charge < -0.3 is 14.3 Å². The highest BCUT2D eigenvalue weighted by atomic mass is 35.5. The van der Waals surface area contributed by atoms with E-state index in [1.807, 2.05) is 23.1 Å². The summed E-state index contributed by atoms with van der Waals surface area (Å²) in [6.45, 7) is 5.17. The summed E-state index contributed by atoms with van der Waals surface area (Å²) >= 11 is 6.08. The molecule has 5 nitrogen and oxygen atoms in total. The van der Waals surface area contributed by atoms with E-state index in [1.54, 1.807) is 0 Å². The fourth-order valence-corrected chi connectivity index (χ4v) is 3.92. The number of hydrogen-bond donors (Lipinski definition) is 0. The van der Waals surface area contributed by atoms with Crippen molar-refractivity contribution in [1.29, 1.82) is 0 Å². The van der Waals surface area contributed by atoms with Gasteiger partial charge in [0.25, 0.3) is 5.91 Å². The lowest BCUT2D eigenvalue weighted by atomic mass is 9.88. The Morgan fingerprint density at radius 3 is 2.84 bits per heavy atom. The van der Waals surface area contributed by atoms with Gasteiger partial charge in [-0.15, -0.1) is 0 Å². The number of aryl methyl sites for hydroxylation is 1. The number of aromatic nitrogens is 1. The number of carbonyl (C=O) groups is 1. The van der Waals surface area contributed by atoms with Gasteiger partial charge in [-0.2, -0.15) is 0 Å². The molecular formula is C19H22ClN3O2. The molecule has 1 aliphatic carbocycles. The quantitative estimate of drug-likeness (QED) is 0.824. The number of nitrogens with zero attached hydrogens (tertiary/aromatic N) is 3. The Balaban J connectivity index is 1.44. The Hall–Kier alpha value is -2.01. The van der Waals surface area contributed by atoms with Crippen LogP contribution in [0.25, 0.3) is 0 Å². The number of rotatable bonds is 2. The molecule has 2 aliphatic rings. The van der Waals surface area contributed by atoms with Crippen molar-refractivity contribution in [2.24, 2.45) is 5.92 Å². The molecule has 4 rings (SSSR count). The van der Waals surface area contributed by atoms with Gasteiger partial charge >= 0.3 is 0 Å². The van der Waals surface area contributed by atoms with E-state index in [0.717, 1.165) is 54.4 Å². The highest BCUT2D eigenvalue weighted by Gasteiger charge is 2.31. The molecule has 0 saturated carbocycles. The molecule has 0 N–H and O–H groups in total. The topological polar surface area (TPSA) is 49.6 Å². The molecule has 1 amide bonds. The third-order valence-electron chi connectivity index (χ3n) is 5.23. The Bertz CT molecular complexity index is 781. The first kappa shape index (κ1) is 16.5. The lowest BCUT2D eigenvalue weighted by molar-refractivity contribution is 0.0735. The number of halogens is 1. The predicted octanol–water partition coefficient (Wildman–Crippen LogP) is 3.42. The minimum Gasteiger partial charge on any atom is -0.368 e. The minimum absolute atomic E-state index is 0.00449. The third-order valence-corrected chi connectivity index (χ3v) is 5.46. The van der Waals surface area contributed by atoms with E-state index in [4.69, 9.17) is 16.1 Å². The van der Waals surface area contributed by atoms with Crippen molar-refractivity contribution in [2.45, 2.75) is 26.2 Å². The van der Waals surface area contributed by atoms with Gasteiger partial charge in [-0.3, -0.25) is 4.79 Å². The van der Waals surface area contributed by atoms with Crippen LogP contribution >= 0.6 is 11.6 Å². The van der Waals surface area contributed by atoms with E-state index in [9.17, 15) is 4.79 Å². The monoisotopic (exact) mass is 359 g/mol. The Morgan fingerprint density at radius 2 is 2.08 bits per heavy atom. The van der Waals surface area contributed by atoms with Crippen molar-refractivity contribution < 1.29 is 9.32 Å². The van der Waals surface area contributed by atoms with Crippen LogP contribution in [0.2, 0.25) is 5.02 Å². The lowest BCUT2D eigenvalue weighted by Crippen LogP contribution is -2.49. The smallest absolute Gasteiger partial charge is 0.276 e. The molecule has 0 radical (unpaired) electrons. The predicted molar refractivity (Wildman–Crippen MR) is 97.3 cm³/mol. The third kappa shape index (κ3) is 3.25. The molecule has 1 aromatic heterocycles. The van der Waals surface area contributed by atoms with E-state index in [0.29, 0.717) is 24.7 Å². The molecule has 1 unspecified atom stereocenters. The first-order chi connectivity index (χ1) is 12.1.